The molecule has 1 fully saturated rings. The molecule has 0 aliphatic carbocycles. The number of nitrogens with zero attached hydrogens (tertiary/aromatic N) is 1. The van der Waals surface area contributed by atoms with Crippen molar-refractivity contribution >= 4 is 23.4 Å². The lowest BCUT2D eigenvalue weighted by molar-refractivity contribution is -0.161. The lowest BCUT2D eigenvalue weighted by Crippen LogP contribution is -2.58. The summed E-state index contributed by atoms with van der Waals surface area (Å²) in [6.07, 6.45) is 0.265. The Bertz CT molecular complexity index is 871. The molecule has 1 atom stereocenters. The first kappa shape index (κ1) is 21.1. The Kier molecular flexibility index (Phi) is 6.77. The van der Waals surface area contributed by atoms with Gasteiger partial charge in [0.2, 0.25) is 11.8 Å². The molecule has 7 heteroatoms. The molecule has 0 spiro atoms. The molecule has 0 aromatic heterocycles. The predicted octanol–water partition coefficient (Wildman–Crippen LogP) is 2.74. The van der Waals surface area contributed by atoms with Crippen LogP contribution in [0, 0.1) is 6.92 Å². The van der Waals surface area contributed by atoms with Gasteiger partial charge in [0, 0.05) is 11.6 Å². The second kappa shape index (κ2) is 9.29. The zero-order valence-electron chi connectivity index (χ0n) is 16.4. The fraction of sp³-hybridized carbons (Fsp3) is 0.364. The number of amides is 2. The number of benzene rings is 2. The predicted molar refractivity (Wildman–Crippen MR) is 111 cm³/mol. The summed E-state index contributed by atoms with van der Waals surface area (Å²) in [4.78, 5) is 26.3. The van der Waals surface area contributed by atoms with Gasteiger partial charge < -0.3 is 20.1 Å². The van der Waals surface area contributed by atoms with Crippen molar-refractivity contribution in [1.29, 1.82) is 0 Å². The summed E-state index contributed by atoms with van der Waals surface area (Å²) in [5, 5.41) is 0.603. The Morgan fingerprint density at radius 3 is 2.69 bits per heavy atom. The van der Waals surface area contributed by atoms with Gasteiger partial charge in [-0.2, -0.15) is 0 Å². The molecule has 0 saturated carbocycles. The molecule has 0 radical (unpaired) electrons. The van der Waals surface area contributed by atoms with Crippen molar-refractivity contribution in [2.24, 2.45) is 5.73 Å². The highest BCUT2D eigenvalue weighted by molar-refractivity contribution is 6.30. The van der Waals surface area contributed by atoms with Crippen LogP contribution in [0.15, 0.2) is 48.5 Å². The van der Waals surface area contributed by atoms with Gasteiger partial charge in [-0.15, -0.1) is 0 Å². The van der Waals surface area contributed by atoms with Gasteiger partial charge in [-0.1, -0.05) is 41.4 Å². The molecule has 0 bridgehead atoms. The number of hydrogen-bond donors (Lipinski definition) is 1. The SMILES string of the molecule is Cc1cccc(CC(=O)N2CCO[C@@](COc3ccc(Cl)cc3)(CC(N)=O)C2)c1. The van der Waals surface area contributed by atoms with E-state index >= 15 is 0 Å². The molecular weight excluding hydrogens is 392 g/mol. The van der Waals surface area contributed by atoms with Crippen LogP contribution in [0.1, 0.15) is 17.5 Å². The Morgan fingerprint density at radius 1 is 1.24 bits per heavy atom. The lowest BCUT2D eigenvalue weighted by atomic mass is 9.97. The summed E-state index contributed by atoms with van der Waals surface area (Å²) in [7, 11) is 0. The molecule has 1 saturated heterocycles. The number of morpholine rings is 1. The van der Waals surface area contributed by atoms with Crippen LogP contribution in [0.3, 0.4) is 0 Å². The Morgan fingerprint density at radius 2 is 2.00 bits per heavy atom. The second-order valence-electron chi connectivity index (χ2n) is 7.40. The van der Waals surface area contributed by atoms with E-state index in [-0.39, 0.29) is 25.5 Å². The van der Waals surface area contributed by atoms with Crippen LogP contribution < -0.4 is 10.5 Å². The third-order valence-corrected chi connectivity index (χ3v) is 5.10. The van der Waals surface area contributed by atoms with Gasteiger partial charge in [0.05, 0.1) is 26.0 Å². The third kappa shape index (κ3) is 5.95. The molecule has 2 N–H and O–H groups in total. The van der Waals surface area contributed by atoms with Crippen LogP contribution in [-0.4, -0.2) is 48.6 Å². The van der Waals surface area contributed by atoms with E-state index in [1.54, 1.807) is 29.2 Å². The van der Waals surface area contributed by atoms with Crippen LogP contribution in [-0.2, 0) is 20.7 Å². The smallest absolute Gasteiger partial charge is 0.227 e. The van der Waals surface area contributed by atoms with Crippen LogP contribution in [0.2, 0.25) is 5.02 Å². The maximum absolute atomic E-state index is 12.9. The number of carbonyl (C=O) groups is 2. The molecule has 154 valence electrons. The molecule has 1 aliphatic rings. The summed E-state index contributed by atoms with van der Waals surface area (Å²) in [6, 6.07) is 14.8. The first-order valence-electron chi connectivity index (χ1n) is 9.49. The van der Waals surface area contributed by atoms with E-state index in [0.29, 0.717) is 30.3 Å². The first-order chi connectivity index (χ1) is 13.8. The standard InChI is InChI=1S/C22H25ClN2O4/c1-16-3-2-4-17(11-16)12-21(27)25-9-10-29-22(14-25,13-20(24)26)15-28-19-7-5-18(23)6-8-19/h2-8,11H,9-10,12-15H2,1H3,(H2,24,26)/t22-/m0/s1. The van der Waals surface area contributed by atoms with Crippen LogP contribution in [0.5, 0.6) is 5.75 Å². The van der Waals surface area contributed by atoms with Gasteiger partial charge in [0.1, 0.15) is 18.0 Å². The fourth-order valence-corrected chi connectivity index (χ4v) is 3.60. The summed E-state index contributed by atoms with van der Waals surface area (Å²) in [5.41, 5.74) is 6.55. The average Bonchev–Trinajstić information content (AvgIpc) is 2.67. The molecule has 29 heavy (non-hydrogen) atoms. The highest BCUT2D eigenvalue weighted by atomic mass is 35.5. The van der Waals surface area contributed by atoms with Crippen LogP contribution in [0.25, 0.3) is 0 Å². The third-order valence-electron chi connectivity index (χ3n) is 4.85. The summed E-state index contributed by atoms with van der Waals surface area (Å²) >= 11 is 5.90. The molecule has 1 aliphatic heterocycles. The van der Waals surface area contributed by atoms with Gasteiger partial charge in [0.25, 0.3) is 0 Å². The van der Waals surface area contributed by atoms with Gasteiger partial charge in [-0.25, -0.2) is 0 Å². The number of hydrogen-bond acceptors (Lipinski definition) is 4. The maximum Gasteiger partial charge on any atom is 0.227 e. The average molecular weight is 417 g/mol. The fourth-order valence-electron chi connectivity index (χ4n) is 3.47. The largest absolute Gasteiger partial charge is 0.490 e. The van der Waals surface area contributed by atoms with E-state index in [4.69, 9.17) is 26.8 Å². The van der Waals surface area contributed by atoms with E-state index < -0.39 is 11.5 Å². The molecule has 3 rings (SSSR count). The molecule has 2 amide bonds. The zero-order chi connectivity index (χ0) is 20.9. The molecule has 1 heterocycles. The topological polar surface area (TPSA) is 81.9 Å². The quantitative estimate of drug-likeness (QED) is 0.752. The number of nitrogens with two attached hydrogens (primary N) is 1. The number of aryl methyl sites for hydroxylation is 1. The number of carbonyl (C=O) groups excluding carboxylic acids is 2. The van der Waals surface area contributed by atoms with E-state index in [9.17, 15) is 9.59 Å². The van der Waals surface area contributed by atoms with Crippen molar-refractivity contribution in [2.75, 3.05) is 26.3 Å². The van der Waals surface area contributed by atoms with Crippen molar-refractivity contribution in [1.82, 2.24) is 4.90 Å². The molecular formula is C22H25ClN2O4. The summed E-state index contributed by atoms with van der Waals surface area (Å²) in [5.74, 6) is 0.0852. The minimum absolute atomic E-state index is 0.0146. The minimum atomic E-state index is -0.980. The van der Waals surface area contributed by atoms with E-state index in [2.05, 4.69) is 0 Å². The lowest BCUT2D eigenvalue weighted by Gasteiger charge is -2.42. The molecule has 2 aromatic carbocycles. The molecule has 2 aromatic rings. The highest BCUT2D eigenvalue weighted by Crippen LogP contribution is 2.25. The second-order valence-corrected chi connectivity index (χ2v) is 7.83. The van der Waals surface area contributed by atoms with Crippen molar-refractivity contribution in [3.05, 3.63) is 64.7 Å². The monoisotopic (exact) mass is 416 g/mol. The number of rotatable bonds is 7. The van der Waals surface area contributed by atoms with E-state index in [1.807, 2.05) is 31.2 Å². The highest BCUT2D eigenvalue weighted by Gasteiger charge is 2.40. The summed E-state index contributed by atoms with van der Waals surface area (Å²) < 4.78 is 11.8. The van der Waals surface area contributed by atoms with Gasteiger partial charge in [0.15, 0.2) is 0 Å². The Balaban J connectivity index is 1.70. The number of ether oxygens (including phenoxy) is 2. The van der Waals surface area contributed by atoms with Crippen molar-refractivity contribution in [3.8, 4) is 5.75 Å². The van der Waals surface area contributed by atoms with Crippen LogP contribution >= 0.6 is 11.6 Å². The van der Waals surface area contributed by atoms with Crippen molar-refractivity contribution in [3.63, 3.8) is 0 Å². The normalized spacial score (nSPS) is 19.0. The van der Waals surface area contributed by atoms with Crippen molar-refractivity contribution in [2.45, 2.75) is 25.4 Å². The zero-order valence-corrected chi connectivity index (χ0v) is 17.2. The van der Waals surface area contributed by atoms with Gasteiger partial charge in [-0.05, 0) is 36.8 Å². The first-order valence-corrected chi connectivity index (χ1v) is 9.87. The number of primary amides is 1. The molecule has 6 nitrogen and oxygen atoms in total. The minimum Gasteiger partial charge on any atom is -0.490 e. The van der Waals surface area contributed by atoms with Gasteiger partial charge >= 0.3 is 0 Å². The van der Waals surface area contributed by atoms with Crippen LogP contribution in [0.4, 0.5) is 0 Å². The Labute approximate surface area is 175 Å². The number of halogens is 1. The van der Waals surface area contributed by atoms with E-state index in [0.717, 1.165) is 11.1 Å². The van der Waals surface area contributed by atoms with Gasteiger partial charge in [-0.3, -0.25) is 9.59 Å². The Hall–Kier alpha value is -2.57. The summed E-state index contributed by atoms with van der Waals surface area (Å²) in [6.45, 7) is 3.12. The van der Waals surface area contributed by atoms with E-state index in [1.165, 1.54) is 0 Å². The molecule has 0 unspecified atom stereocenters. The maximum atomic E-state index is 12.9. The van der Waals surface area contributed by atoms with Crippen molar-refractivity contribution < 1.29 is 19.1 Å².